The molecule has 1 amide bonds. The van der Waals surface area contributed by atoms with Gasteiger partial charge in [-0.05, 0) is 24.1 Å². The zero-order valence-electron chi connectivity index (χ0n) is 16.9. The number of aliphatic imine (C=N–C) groups is 1. The van der Waals surface area contributed by atoms with Gasteiger partial charge in [-0.1, -0.05) is 32.9 Å². The summed E-state index contributed by atoms with van der Waals surface area (Å²) in [7, 11) is 1.76. The van der Waals surface area contributed by atoms with Crippen LogP contribution in [0.25, 0.3) is 0 Å². The molecule has 0 aliphatic rings. The monoisotopic (exact) mass is 515 g/mol. The highest BCUT2D eigenvalue weighted by Crippen LogP contribution is 2.13. The molecule has 0 fully saturated rings. The average molecular weight is 515 g/mol. The molecule has 0 aliphatic heterocycles. The van der Waals surface area contributed by atoms with Gasteiger partial charge in [-0.2, -0.15) is 0 Å². The van der Waals surface area contributed by atoms with Crippen molar-refractivity contribution in [1.82, 2.24) is 15.6 Å². The number of anilines is 1. The molecule has 2 rings (SSSR count). The van der Waals surface area contributed by atoms with Crippen molar-refractivity contribution in [2.75, 3.05) is 18.9 Å². The molecule has 0 atom stereocenters. The number of aromatic nitrogens is 1. The molecule has 1 aromatic carbocycles. The number of halogens is 1. The minimum Gasteiger partial charge on any atom is -0.356 e. The van der Waals surface area contributed by atoms with Gasteiger partial charge in [-0.25, -0.2) is 4.98 Å². The van der Waals surface area contributed by atoms with E-state index in [1.165, 1.54) is 4.88 Å². The molecule has 8 heteroatoms. The first kappa shape index (κ1) is 24.4. The van der Waals surface area contributed by atoms with Crippen molar-refractivity contribution in [1.29, 1.82) is 0 Å². The van der Waals surface area contributed by atoms with Gasteiger partial charge in [-0.15, -0.1) is 35.3 Å². The molecule has 6 nitrogen and oxygen atoms in total. The molecule has 0 radical (unpaired) electrons. The molecule has 0 unspecified atom stereocenters. The van der Waals surface area contributed by atoms with E-state index in [0.29, 0.717) is 6.54 Å². The number of nitrogens with zero attached hydrogens (tertiary/aromatic N) is 2. The van der Waals surface area contributed by atoms with Crippen LogP contribution in [0, 0.1) is 5.92 Å². The summed E-state index contributed by atoms with van der Waals surface area (Å²) >= 11 is 1.77. The van der Waals surface area contributed by atoms with Crippen molar-refractivity contribution in [3.8, 4) is 0 Å². The number of carbonyl (C=O) groups excluding carboxylic acids is 1. The lowest BCUT2D eigenvalue weighted by Gasteiger charge is -2.12. The van der Waals surface area contributed by atoms with Crippen molar-refractivity contribution in [3.05, 3.63) is 45.9 Å². The summed E-state index contributed by atoms with van der Waals surface area (Å²) < 4.78 is 0. The molecule has 0 saturated carbocycles. The highest BCUT2D eigenvalue weighted by atomic mass is 127. The fourth-order valence-electron chi connectivity index (χ4n) is 2.31. The van der Waals surface area contributed by atoms with E-state index in [1.807, 2.05) is 44.3 Å². The fraction of sp³-hybridized carbons (Fsp3) is 0.450. The summed E-state index contributed by atoms with van der Waals surface area (Å²) in [6, 6.07) is 7.83. The van der Waals surface area contributed by atoms with Crippen LogP contribution in [-0.4, -0.2) is 30.4 Å². The van der Waals surface area contributed by atoms with Gasteiger partial charge in [0.2, 0.25) is 5.91 Å². The lowest BCUT2D eigenvalue weighted by Crippen LogP contribution is -2.37. The number of aryl methyl sites for hydroxylation is 1. The first-order chi connectivity index (χ1) is 13.0. The molecule has 154 valence electrons. The van der Waals surface area contributed by atoms with Crippen LogP contribution in [0.4, 0.5) is 5.69 Å². The summed E-state index contributed by atoms with van der Waals surface area (Å²) in [6.45, 7) is 7.35. The molecular formula is C20H30IN5OS. The standard InChI is InChI=1S/C20H29N5OS.HI/c1-5-17-13-23-18(27-17)10-11-22-20(21-4)24-12-15-6-8-16(9-7-15)25-19(26)14(2)3;/h6-9,13-14H,5,10-12H2,1-4H3,(H,25,26)(H2,21,22,24);1H. The maximum atomic E-state index is 11.7. The number of carbonyl (C=O) groups is 1. The van der Waals surface area contributed by atoms with Gasteiger partial charge in [-0.3, -0.25) is 9.79 Å². The number of benzene rings is 1. The minimum atomic E-state index is -0.0290. The zero-order chi connectivity index (χ0) is 19.6. The Morgan fingerprint density at radius 2 is 1.93 bits per heavy atom. The van der Waals surface area contributed by atoms with E-state index in [9.17, 15) is 4.79 Å². The van der Waals surface area contributed by atoms with Crippen molar-refractivity contribution in [2.45, 2.75) is 40.2 Å². The second kappa shape index (κ2) is 12.7. The Bertz CT molecular complexity index is 758. The molecule has 3 N–H and O–H groups in total. The number of hydrogen-bond acceptors (Lipinski definition) is 4. The van der Waals surface area contributed by atoms with Gasteiger partial charge in [0.1, 0.15) is 0 Å². The van der Waals surface area contributed by atoms with E-state index < -0.39 is 0 Å². The maximum Gasteiger partial charge on any atom is 0.226 e. The Morgan fingerprint density at radius 3 is 2.50 bits per heavy atom. The van der Waals surface area contributed by atoms with Crippen LogP contribution in [0.2, 0.25) is 0 Å². The van der Waals surface area contributed by atoms with Crippen LogP contribution in [0.3, 0.4) is 0 Å². The van der Waals surface area contributed by atoms with Crippen LogP contribution in [0.5, 0.6) is 0 Å². The fourth-order valence-corrected chi connectivity index (χ4v) is 3.18. The van der Waals surface area contributed by atoms with Gasteiger partial charge in [0.05, 0.1) is 5.01 Å². The molecule has 0 spiro atoms. The predicted molar refractivity (Wildman–Crippen MR) is 129 cm³/mol. The normalized spacial score (nSPS) is 11.1. The first-order valence-corrected chi connectivity index (χ1v) is 10.1. The quantitative estimate of drug-likeness (QED) is 0.284. The van der Waals surface area contributed by atoms with E-state index in [2.05, 4.69) is 32.9 Å². The highest BCUT2D eigenvalue weighted by molar-refractivity contribution is 14.0. The summed E-state index contributed by atoms with van der Waals surface area (Å²) in [5, 5.41) is 10.7. The number of amides is 1. The molecular weight excluding hydrogens is 485 g/mol. The van der Waals surface area contributed by atoms with Crippen LogP contribution in [0.15, 0.2) is 35.5 Å². The van der Waals surface area contributed by atoms with Gasteiger partial charge in [0.15, 0.2) is 5.96 Å². The lowest BCUT2D eigenvalue weighted by atomic mass is 10.1. The third-order valence-corrected chi connectivity index (χ3v) is 5.21. The summed E-state index contributed by atoms with van der Waals surface area (Å²) in [6.07, 6.45) is 3.88. The van der Waals surface area contributed by atoms with Crippen LogP contribution < -0.4 is 16.0 Å². The third-order valence-electron chi connectivity index (χ3n) is 4.01. The minimum absolute atomic E-state index is 0. The summed E-state index contributed by atoms with van der Waals surface area (Å²) in [5.41, 5.74) is 1.93. The van der Waals surface area contributed by atoms with Crippen LogP contribution in [0.1, 0.15) is 36.2 Å². The Kier molecular flexibility index (Phi) is 11.1. The average Bonchev–Trinajstić information content (AvgIpc) is 3.13. The number of guanidine groups is 1. The Morgan fingerprint density at radius 1 is 1.21 bits per heavy atom. The largest absolute Gasteiger partial charge is 0.356 e. The molecule has 1 aromatic heterocycles. The van der Waals surface area contributed by atoms with Crippen molar-refractivity contribution in [2.24, 2.45) is 10.9 Å². The van der Waals surface area contributed by atoms with Gasteiger partial charge in [0.25, 0.3) is 0 Å². The van der Waals surface area contributed by atoms with E-state index >= 15 is 0 Å². The third kappa shape index (κ3) is 8.14. The smallest absolute Gasteiger partial charge is 0.226 e. The topological polar surface area (TPSA) is 78.4 Å². The van der Waals surface area contributed by atoms with E-state index in [0.717, 1.165) is 41.6 Å². The molecule has 0 saturated heterocycles. The number of rotatable bonds is 8. The maximum absolute atomic E-state index is 11.7. The molecule has 1 heterocycles. The first-order valence-electron chi connectivity index (χ1n) is 9.29. The zero-order valence-corrected chi connectivity index (χ0v) is 20.1. The Balaban J connectivity index is 0.00000392. The number of hydrogen-bond donors (Lipinski definition) is 3. The molecule has 0 aliphatic carbocycles. The molecule has 28 heavy (non-hydrogen) atoms. The second-order valence-corrected chi connectivity index (χ2v) is 7.72. The molecule has 0 bridgehead atoms. The highest BCUT2D eigenvalue weighted by Gasteiger charge is 2.07. The van der Waals surface area contributed by atoms with Crippen molar-refractivity contribution >= 4 is 52.9 Å². The second-order valence-electron chi connectivity index (χ2n) is 6.52. The summed E-state index contributed by atoms with van der Waals surface area (Å²) in [5.74, 6) is 0.759. The van der Waals surface area contributed by atoms with Gasteiger partial charge < -0.3 is 16.0 Å². The van der Waals surface area contributed by atoms with E-state index in [-0.39, 0.29) is 35.8 Å². The number of nitrogens with one attached hydrogen (secondary N) is 3. The Hall–Kier alpha value is -1.68. The van der Waals surface area contributed by atoms with Gasteiger partial charge in [0, 0.05) is 49.2 Å². The molecule has 2 aromatic rings. The number of thiazole rings is 1. The van der Waals surface area contributed by atoms with E-state index in [1.54, 1.807) is 18.4 Å². The Labute approximate surface area is 188 Å². The van der Waals surface area contributed by atoms with Gasteiger partial charge >= 0.3 is 0 Å². The predicted octanol–water partition coefficient (Wildman–Crippen LogP) is 3.83. The van der Waals surface area contributed by atoms with E-state index in [4.69, 9.17) is 0 Å². The summed E-state index contributed by atoms with van der Waals surface area (Å²) in [4.78, 5) is 21.7. The van der Waals surface area contributed by atoms with Crippen LogP contribution in [-0.2, 0) is 24.2 Å². The SMILES string of the molecule is CCc1cnc(CCNC(=NC)NCc2ccc(NC(=O)C(C)C)cc2)s1.I. The van der Waals surface area contributed by atoms with Crippen molar-refractivity contribution in [3.63, 3.8) is 0 Å². The lowest BCUT2D eigenvalue weighted by molar-refractivity contribution is -0.118. The van der Waals surface area contributed by atoms with Crippen LogP contribution >= 0.6 is 35.3 Å². The van der Waals surface area contributed by atoms with Crippen molar-refractivity contribution < 1.29 is 4.79 Å².